The molecule has 4 N–H and O–H groups in total. The van der Waals surface area contributed by atoms with Crippen molar-refractivity contribution in [2.75, 3.05) is 10.6 Å². The van der Waals surface area contributed by atoms with Gasteiger partial charge in [-0.3, -0.25) is 19.2 Å². The molecule has 0 radical (unpaired) electrons. The Balaban J connectivity index is 1.12. The number of hydrogen-bond acceptors (Lipinski definition) is 6. The molecule has 10 heteroatoms. The second-order valence-corrected chi connectivity index (χ2v) is 15.4. The van der Waals surface area contributed by atoms with E-state index in [1.54, 1.807) is 9.80 Å². The van der Waals surface area contributed by atoms with Crippen molar-refractivity contribution in [1.29, 1.82) is 0 Å². The molecule has 6 aliphatic rings. The van der Waals surface area contributed by atoms with E-state index >= 15 is 0 Å². The van der Waals surface area contributed by atoms with Gasteiger partial charge in [0.05, 0.1) is 10.8 Å². The van der Waals surface area contributed by atoms with Gasteiger partial charge in [0.2, 0.25) is 23.6 Å². The first-order chi connectivity index (χ1) is 25.2. The maximum Gasteiger partial charge on any atom is 0.247 e. The van der Waals surface area contributed by atoms with Crippen molar-refractivity contribution in [3.05, 3.63) is 130 Å². The van der Waals surface area contributed by atoms with Gasteiger partial charge in [0, 0.05) is 24.2 Å². The van der Waals surface area contributed by atoms with Gasteiger partial charge in [-0.2, -0.15) is 0 Å². The molecule has 4 aromatic carbocycles. The molecule has 4 fully saturated rings. The maximum absolute atomic E-state index is 14.8. The van der Waals surface area contributed by atoms with Crippen LogP contribution in [0.1, 0.15) is 46.2 Å². The third-order valence-electron chi connectivity index (χ3n) is 13.1. The first-order valence-corrected chi connectivity index (χ1v) is 18.3. The molecule has 10 nitrogen and oxygen atoms in total. The third kappa shape index (κ3) is 3.95. The molecule has 0 saturated carbocycles. The van der Waals surface area contributed by atoms with Gasteiger partial charge < -0.3 is 31.1 Å². The number of benzene rings is 4. The molecule has 6 aliphatic heterocycles. The molecule has 4 amide bonds. The summed E-state index contributed by atoms with van der Waals surface area (Å²) in [5.41, 5.74) is 6.21. The average Bonchev–Trinajstić information content (AvgIpc) is 3.86. The summed E-state index contributed by atoms with van der Waals surface area (Å²) in [6, 6.07) is 29.2. The summed E-state index contributed by atoms with van der Waals surface area (Å²) in [6.07, 6.45) is 0.268. The molecule has 4 aromatic rings. The zero-order valence-corrected chi connectivity index (χ0v) is 29.1. The molecule has 262 valence electrons. The first-order valence-electron chi connectivity index (χ1n) is 18.3. The summed E-state index contributed by atoms with van der Waals surface area (Å²) in [5.74, 6) is -0.618. The Hall–Kier alpha value is -5.64. The number of anilines is 2. The lowest BCUT2D eigenvalue weighted by Crippen LogP contribution is -2.67. The Labute approximate surface area is 302 Å². The monoisotopic (exact) mass is 692 g/mol. The quantitative estimate of drug-likeness (QED) is 0.253. The Morgan fingerprint density at radius 1 is 0.538 bits per heavy atom. The number of nitrogens with one attached hydrogen (secondary N) is 4. The summed E-state index contributed by atoms with van der Waals surface area (Å²) < 4.78 is 0. The van der Waals surface area contributed by atoms with Crippen molar-refractivity contribution >= 4 is 35.0 Å². The van der Waals surface area contributed by atoms with Crippen molar-refractivity contribution in [3.63, 3.8) is 0 Å². The van der Waals surface area contributed by atoms with Gasteiger partial charge in [-0.15, -0.1) is 0 Å². The molecule has 4 saturated heterocycles. The number of aryl methyl sites for hydroxylation is 2. The lowest BCUT2D eigenvalue weighted by Gasteiger charge is -2.48. The Bertz CT molecular complexity index is 2070. The van der Waals surface area contributed by atoms with Gasteiger partial charge in [-0.05, 0) is 72.2 Å². The predicted octanol–water partition coefficient (Wildman–Crippen LogP) is 3.67. The van der Waals surface area contributed by atoms with E-state index in [0.717, 1.165) is 44.8 Å². The van der Waals surface area contributed by atoms with E-state index in [1.165, 1.54) is 0 Å². The van der Waals surface area contributed by atoms with Crippen LogP contribution in [0.3, 0.4) is 0 Å². The number of amides is 4. The van der Waals surface area contributed by atoms with Gasteiger partial charge >= 0.3 is 0 Å². The molecule has 0 aliphatic carbocycles. The summed E-state index contributed by atoms with van der Waals surface area (Å²) >= 11 is 0. The predicted molar refractivity (Wildman–Crippen MR) is 195 cm³/mol. The van der Waals surface area contributed by atoms with Crippen molar-refractivity contribution < 1.29 is 19.2 Å². The smallest absolute Gasteiger partial charge is 0.247 e. The van der Waals surface area contributed by atoms with E-state index in [9.17, 15) is 19.2 Å². The minimum Gasteiger partial charge on any atom is -0.364 e. The molecular weight excluding hydrogens is 652 g/mol. The van der Waals surface area contributed by atoms with Gasteiger partial charge in [0.15, 0.2) is 0 Å². The minimum absolute atomic E-state index is 0.130. The fraction of sp³-hybridized carbons (Fsp3) is 0.333. The summed E-state index contributed by atoms with van der Waals surface area (Å²) in [5, 5.41) is 13.7. The van der Waals surface area contributed by atoms with Crippen LogP contribution in [0.25, 0.3) is 0 Å². The van der Waals surface area contributed by atoms with Crippen molar-refractivity contribution in [1.82, 2.24) is 20.4 Å². The Morgan fingerprint density at radius 2 is 0.923 bits per heavy atom. The van der Waals surface area contributed by atoms with E-state index in [1.807, 2.05) is 98.8 Å². The molecule has 0 unspecified atom stereocenters. The van der Waals surface area contributed by atoms with Gasteiger partial charge in [-0.1, -0.05) is 84.9 Å². The molecular formula is C42H40N6O4. The highest BCUT2D eigenvalue weighted by atomic mass is 16.2. The molecule has 6 heterocycles. The van der Waals surface area contributed by atoms with Crippen LogP contribution in [0.15, 0.2) is 97.1 Å². The van der Waals surface area contributed by atoms with Crippen molar-refractivity contribution in [3.8, 4) is 0 Å². The molecule has 52 heavy (non-hydrogen) atoms. The number of nitrogens with zero attached hydrogens (tertiary/aromatic N) is 2. The molecule has 8 atom stereocenters. The molecule has 0 bridgehead atoms. The van der Waals surface area contributed by atoms with Crippen LogP contribution >= 0.6 is 0 Å². The summed E-state index contributed by atoms with van der Waals surface area (Å²) in [7, 11) is 0. The Kier molecular flexibility index (Phi) is 6.54. The Morgan fingerprint density at radius 3 is 1.35 bits per heavy atom. The van der Waals surface area contributed by atoms with E-state index in [2.05, 4.69) is 33.4 Å². The highest BCUT2D eigenvalue weighted by molar-refractivity contribution is 6.01. The maximum atomic E-state index is 14.8. The number of hydrogen-bond donors (Lipinski definition) is 4. The second kappa shape index (κ2) is 10.9. The topological polar surface area (TPSA) is 123 Å². The van der Waals surface area contributed by atoms with Gasteiger partial charge in [-0.25, -0.2) is 0 Å². The van der Waals surface area contributed by atoms with Crippen LogP contribution in [-0.4, -0.2) is 69.9 Å². The van der Waals surface area contributed by atoms with Crippen LogP contribution in [0.5, 0.6) is 0 Å². The standard InChI is InChI=1S/C42H40N6O4/c1-23-11-3-5-13-25(23)19-31-37(51)47-33(35(49)43-31)21-41(27-15-7-9-17-29(27)45-39(41)47)42-22-34-36(50)44-32(20-26-14-6-4-12-24(26)2)38(52)48(34)40(42)46-30-18-10-8-16-28(30)42/h3-18,31-34,39-40,45-46H,19-22H2,1-2H3,(H,43,49)(H,44,50)/t31-,32-,33-,34-,39+,40+,41-,42+/m0/s1. The molecule has 0 aromatic heterocycles. The first kappa shape index (κ1) is 31.1. The van der Waals surface area contributed by atoms with E-state index in [0.29, 0.717) is 25.7 Å². The fourth-order valence-corrected chi connectivity index (χ4v) is 10.8. The normalized spacial score (nSPS) is 32.1. The van der Waals surface area contributed by atoms with E-state index in [4.69, 9.17) is 0 Å². The fourth-order valence-electron chi connectivity index (χ4n) is 10.8. The van der Waals surface area contributed by atoms with Crippen LogP contribution in [0, 0.1) is 13.8 Å². The number of carbonyl (C=O) groups excluding carboxylic acids is 4. The zero-order valence-electron chi connectivity index (χ0n) is 29.1. The van der Waals surface area contributed by atoms with Crippen LogP contribution in [0.2, 0.25) is 0 Å². The number of piperazine rings is 2. The lowest BCUT2D eigenvalue weighted by molar-refractivity contribution is -0.149. The van der Waals surface area contributed by atoms with Crippen molar-refractivity contribution in [2.45, 2.75) is 86.9 Å². The largest absolute Gasteiger partial charge is 0.364 e. The summed E-state index contributed by atoms with van der Waals surface area (Å²) in [6.45, 7) is 4.04. The van der Waals surface area contributed by atoms with E-state index < -0.39 is 47.3 Å². The molecule has 10 rings (SSSR count). The summed E-state index contributed by atoms with van der Waals surface area (Å²) in [4.78, 5) is 61.7. The zero-order chi connectivity index (χ0) is 35.5. The van der Waals surface area contributed by atoms with E-state index in [-0.39, 0.29) is 23.6 Å². The van der Waals surface area contributed by atoms with Crippen molar-refractivity contribution in [2.24, 2.45) is 0 Å². The minimum atomic E-state index is -0.869. The second-order valence-electron chi connectivity index (χ2n) is 15.4. The average molecular weight is 693 g/mol. The van der Waals surface area contributed by atoms with Gasteiger partial charge in [0.25, 0.3) is 0 Å². The van der Waals surface area contributed by atoms with Crippen LogP contribution in [-0.2, 0) is 42.8 Å². The number of fused-ring (bicyclic) bond motifs is 11. The third-order valence-corrected chi connectivity index (χ3v) is 13.1. The van der Waals surface area contributed by atoms with Gasteiger partial charge in [0.1, 0.15) is 36.5 Å². The highest BCUT2D eigenvalue weighted by Crippen LogP contribution is 2.68. The van der Waals surface area contributed by atoms with Crippen LogP contribution < -0.4 is 21.3 Å². The lowest BCUT2D eigenvalue weighted by atomic mass is 9.54. The number of para-hydroxylation sites is 2. The number of carbonyl (C=O) groups is 4. The highest BCUT2D eigenvalue weighted by Gasteiger charge is 2.78. The SMILES string of the molecule is Cc1ccccc1C[C@@H]1NC(=O)[C@@H]2C[C@]3([C@@]45C[C@H]6C(=O)N[C@@H](Cc7ccccc7C)C(=O)N6[C@H]4Nc4ccccc45)c4ccccc4N[C@@H]3N2C1=O. The number of rotatable bonds is 5. The molecule has 0 spiro atoms. The van der Waals surface area contributed by atoms with Crippen LogP contribution in [0.4, 0.5) is 11.4 Å².